The molecule has 0 spiro atoms. The van der Waals surface area contributed by atoms with E-state index in [1.807, 2.05) is 0 Å². The Kier molecular flexibility index (Phi) is 5.69. The highest BCUT2D eigenvalue weighted by Crippen LogP contribution is 2.15. The van der Waals surface area contributed by atoms with E-state index in [1.54, 1.807) is 11.0 Å². The van der Waals surface area contributed by atoms with Gasteiger partial charge in [0.15, 0.2) is 0 Å². The summed E-state index contributed by atoms with van der Waals surface area (Å²) in [6.07, 6.45) is 0.198. The third-order valence-corrected chi connectivity index (χ3v) is 3.66. The van der Waals surface area contributed by atoms with Gasteiger partial charge in [0.25, 0.3) is 5.91 Å². The first-order valence-electron chi connectivity index (χ1n) is 6.66. The molecular weight excluding hydrogens is 343 g/mol. The fourth-order valence-corrected chi connectivity index (χ4v) is 2.36. The van der Waals surface area contributed by atoms with Gasteiger partial charge in [-0.1, -0.05) is 15.9 Å². The Morgan fingerprint density at radius 2 is 2.05 bits per heavy atom. The van der Waals surface area contributed by atoms with Gasteiger partial charge in [-0.2, -0.15) is 0 Å². The summed E-state index contributed by atoms with van der Waals surface area (Å²) in [7, 11) is 0. The van der Waals surface area contributed by atoms with Crippen LogP contribution in [0.1, 0.15) is 16.8 Å². The highest BCUT2D eigenvalue weighted by Gasteiger charge is 2.17. The van der Waals surface area contributed by atoms with Crippen LogP contribution < -0.4 is 5.32 Å². The van der Waals surface area contributed by atoms with Crippen LogP contribution in [0, 0.1) is 5.82 Å². The predicted octanol–water partition coefficient (Wildman–Crippen LogP) is 1.57. The Hall–Kier alpha value is -1.47. The Morgan fingerprint density at radius 1 is 1.33 bits per heavy atom. The average Bonchev–Trinajstić information content (AvgIpc) is 2.47. The molecule has 7 heteroatoms. The van der Waals surface area contributed by atoms with Gasteiger partial charge in [-0.25, -0.2) is 4.39 Å². The van der Waals surface area contributed by atoms with Crippen molar-refractivity contribution in [3.05, 3.63) is 34.1 Å². The number of hydrogen-bond donors (Lipinski definition) is 1. The van der Waals surface area contributed by atoms with Crippen molar-refractivity contribution >= 4 is 27.7 Å². The average molecular weight is 359 g/mol. The van der Waals surface area contributed by atoms with Crippen LogP contribution in [-0.2, 0) is 9.53 Å². The molecule has 2 amide bonds. The van der Waals surface area contributed by atoms with Gasteiger partial charge < -0.3 is 15.0 Å². The number of halogens is 2. The van der Waals surface area contributed by atoms with Crippen molar-refractivity contribution in [2.45, 2.75) is 6.42 Å². The van der Waals surface area contributed by atoms with Crippen LogP contribution in [0.3, 0.4) is 0 Å². The lowest BCUT2D eigenvalue weighted by atomic mass is 10.2. The van der Waals surface area contributed by atoms with Gasteiger partial charge in [0, 0.05) is 30.5 Å². The van der Waals surface area contributed by atoms with E-state index in [2.05, 4.69) is 21.2 Å². The fraction of sp³-hybridized carbons (Fsp3) is 0.429. The summed E-state index contributed by atoms with van der Waals surface area (Å²) in [4.78, 5) is 25.4. The summed E-state index contributed by atoms with van der Waals surface area (Å²) in [5.74, 6) is -1.15. The molecule has 0 unspecified atom stereocenters. The van der Waals surface area contributed by atoms with Crippen molar-refractivity contribution in [3.8, 4) is 0 Å². The zero-order valence-electron chi connectivity index (χ0n) is 11.4. The Labute approximate surface area is 130 Å². The van der Waals surface area contributed by atoms with E-state index in [1.165, 1.54) is 12.1 Å². The van der Waals surface area contributed by atoms with Gasteiger partial charge in [-0.15, -0.1) is 0 Å². The van der Waals surface area contributed by atoms with Crippen LogP contribution in [0.2, 0.25) is 0 Å². The second-order valence-electron chi connectivity index (χ2n) is 4.62. The van der Waals surface area contributed by atoms with E-state index in [4.69, 9.17) is 4.74 Å². The number of benzene rings is 1. The van der Waals surface area contributed by atoms with Crippen molar-refractivity contribution in [1.82, 2.24) is 10.2 Å². The number of nitrogens with zero attached hydrogens (tertiary/aromatic N) is 1. The maximum Gasteiger partial charge on any atom is 0.254 e. The minimum atomic E-state index is -0.596. The lowest BCUT2D eigenvalue weighted by Crippen LogP contribution is -2.42. The third-order valence-electron chi connectivity index (χ3n) is 3.16. The molecule has 0 aliphatic carbocycles. The summed E-state index contributed by atoms with van der Waals surface area (Å²) in [5, 5.41) is 2.56. The molecule has 0 saturated carbocycles. The zero-order valence-corrected chi connectivity index (χ0v) is 13.0. The van der Waals surface area contributed by atoms with Gasteiger partial charge in [0.05, 0.1) is 18.8 Å². The number of carbonyl (C=O) groups excluding carboxylic acids is 2. The van der Waals surface area contributed by atoms with Crippen molar-refractivity contribution in [2.24, 2.45) is 0 Å². The SMILES string of the molecule is O=C(NCCC(=O)N1CCOCC1)c1ccc(Br)cc1F. The zero-order chi connectivity index (χ0) is 15.2. The van der Waals surface area contributed by atoms with E-state index in [0.29, 0.717) is 30.8 Å². The number of rotatable bonds is 4. The first-order chi connectivity index (χ1) is 10.1. The molecule has 1 aliphatic heterocycles. The Balaban J connectivity index is 1.79. The van der Waals surface area contributed by atoms with Gasteiger partial charge in [-0.3, -0.25) is 9.59 Å². The maximum absolute atomic E-state index is 13.6. The Morgan fingerprint density at radius 3 is 2.71 bits per heavy atom. The van der Waals surface area contributed by atoms with Crippen LogP contribution in [-0.4, -0.2) is 49.6 Å². The summed E-state index contributed by atoms with van der Waals surface area (Å²) in [6.45, 7) is 2.43. The summed E-state index contributed by atoms with van der Waals surface area (Å²) < 4.78 is 19.3. The fourth-order valence-electron chi connectivity index (χ4n) is 2.02. The minimum Gasteiger partial charge on any atom is -0.378 e. The molecule has 5 nitrogen and oxygen atoms in total. The molecule has 1 saturated heterocycles. The standard InChI is InChI=1S/C14H16BrFN2O3/c15-10-1-2-11(12(16)9-10)14(20)17-4-3-13(19)18-5-7-21-8-6-18/h1-2,9H,3-8H2,(H,17,20). The molecule has 0 atom stereocenters. The normalized spacial score (nSPS) is 14.9. The first-order valence-corrected chi connectivity index (χ1v) is 7.46. The molecule has 0 radical (unpaired) electrons. The maximum atomic E-state index is 13.6. The molecule has 1 N–H and O–H groups in total. The van der Waals surface area contributed by atoms with Crippen molar-refractivity contribution in [1.29, 1.82) is 0 Å². The third kappa shape index (κ3) is 4.50. The summed E-state index contributed by atoms with van der Waals surface area (Å²) in [6, 6.07) is 4.23. The Bertz CT molecular complexity index is 533. The molecule has 0 aromatic heterocycles. The molecule has 114 valence electrons. The number of nitrogens with one attached hydrogen (secondary N) is 1. The molecule has 21 heavy (non-hydrogen) atoms. The summed E-state index contributed by atoms with van der Waals surface area (Å²) >= 11 is 3.13. The topological polar surface area (TPSA) is 58.6 Å². The van der Waals surface area contributed by atoms with Crippen LogP contribution in [0.15, 0.2) is 22.7 Å². The second-order valence-corrected chi connectivity index (χ2v) is 5.54. The van der Waals surface area contributed by atoms with Gasteiger partial charge in [0.1, 0.15) is 5.82 Å². The molecule has 0 bridgehead atoms. The minimum absolute atomic E-state index is 0.0305. The van der Waals surface area contributed by atoms with Crippen molar-refractivity contribution in [3.63, 3.8) is 0 Å². The molecule has 1 aromatic carbocycles. The van der Waals surface area contributed by atoms with Crippen LogP contribution in [0.4, 0.5) is 4.39 Å². The first kappa shape index (κ1) is 15.9. The second kappa shape index (κ2) is 7.51. The highest BCUT2D eigenvalue weighted by atomic mass is 79.9. The van der Waals surface area contributed by atoms with Gasteiger partial charge >= 0.3 is 0 Å². The van der Waals surface area contributed by atoms with E-state index < -0.39 is 11.7 Å². The summed E-state index contributed by atoms with van der Waals surface area (Å²) in [5.41, 5.74) is -0.0305. The molecule has 1 heterocycles. The quantitative estimate of drug-likeness (QED) is 0.888. The van der Waals surface area contributed by atoms with Gasteiger partial charge in [-0.05, 0) is 18.2 Å². The number of morpholine rings is 1. The highest BCUT2D eigenvalue weighted by molar-refractivity contribution is 9.10. The largest absolute Gasteiger partial charge is 0.378 e. The van der Waals surface area contributed by atoms with E-state index in [9.17, 15) is 14.0 Å². The molecule has 1 fully saturated rings. The molecule has 1 aromatic rings. The molecular formula is C14H16BrFN2O3. The smallest absolute Gasteiger partial charge is 0.254 e. The molecule has 2 rings (SSSR count). The molecule has 1 aliphatic rings. The number of amides is 2. The van der Waals surface area contributed by atoms with Crippen LogP contribution >= 0.6 is 15.9 Å². The number of hydrogen-bond acceptors (Lipinski definition) is 3. The number of ether oxygens (including phenoxy) is 1. The monoisotopic (exact) mass is 358 g/mol. The van der Waals surface area contributed by atoms with Gasteiger partial charge in [0.2, 0.25) is 5.91 Å². The van der Waals surface area contributed by atoms with Crippen molar-refractivity contribution in [2.75, 3.05) is 32.8 Å². The van der Waals surface area contributed by atoms with Crippen LogP contribution in [0.5, 0.6) is 0 Å². The van der Waals surface area contributed by atoms with Crippen molar-refractivity contribution < 1.29 is 18.7 Å². The van der Waals surface area contributed by atoms with Crippen LogP contribution in [0.25, 0.3) is 0 Å². The predicted molar refractivity (Wildman–Crippen MR) is 78.4 cm³/mol. The van der Waals surface area contributed by atoms with E-state index >= 15 is 0 Å². The van der Waals surface area contributed by atoms with E-state index in [0.717, 1.165) is 0 Å². The lowest BCUT2D eigenvalue weighted by Gasteiger charge is -2.26. The van der Waals surface area contributed by atoms with E-state index in [-0.39, 0.29) is 24.4 Å². The lowest BCUT2D eigenvalue weighted by molar-refractivity contribution is -0.135. The number of carbonyl (C=O) groups is 2.